The molecule has 0 aromatic carbocycles. The van der Waals surface area contributed by atoms with E-state index in [1.54, 1.807) is 0 Å². The molecule has 0 spiro atoms. The second-order valence-electron chi connectivity index (χ2n) is 4.02. The Morgan fingerprint density at radius 2 is 2.31 bits per heavy atom. The van der Waals surface area contributed by atoms with Crippen molar-refractivity contribution in [3.05, 3.63) is 11.6 Å². The van der Waals surface area contributed by atoms with Gasteiger partial charge in [-0.2, -0.15) is 5.26 Å². The van der Waals surface area contributed by atoms with Crippen molar-refractivity contribution in [3.63, 3.8) is 0 Å². The largest absolute Gasteiger partial charge is 0.198 e. The number of nitriles is 1. The van der Waals surface area contributed by atoms with Crippen LogP contribution in [0.3, 0.4) is 0 Å². The van der Waals surface area contributed by atoms with E-state index in [0.29, 0.717) is 5.92 Å². The van der Waals surface area contributed by atoms with Gasteiger partial charge in [-0.1, -0.05) is 31.9 Å². The highest BCUT2D eigenvalue weighted by atomic mass is 14.3. The summed E-state index contributed by atoms with van der Waals surface area (Å²) in [6, 6.07) is 2.45. The van der Waals surface area contributed by atoms with Crippen molar-refractivity contribution in [2.75, 3.05) is 0 Å². The van der Waals surface area contributed by atoms with Gasteiger partial charge >= 0.3 is 0 Å². The van der Waals surface area contributed by atoms with E-state index in [0.717, 1.165) is 12.8 Å². The van der Waals surface area contributed by atoms with E-state index in [4.69, 9.17) is 5.26 Å². The molecular formula is C12H19N. The topological polar surface area (TPSA) is 23.8 Å². The Morgan fingerprint density at radius 3 is 2.77 bits per heavy atom. The predicted molar refractivity (Wildman–Crippen MR) is 55.1 cm³/mol. The van der Waals surface area contributed by atoms with Crippen LogP contribution in [0.5, 0.6) is 0 Å². The summed E-state index contributed by atoms with van der Waals surface area (Å²) in [5.74, 6) is 0.708. The molecule has 1 aliphatic rings. The number of rotatable bonds is 3. The standard InChI is InChI=1S/C12H19N/c1-3-10(2)12(9-13)11-7-5-4-6-8-11/h7,10,12H,3-6,8H2,1-2H3. The lowest BCUT2D eigenvalue weighted by Crippen LogP contribution is -2.13. The minimum atomic E-state index is 0.185. The van der Waals surface area contributed by atoms with Crippen LogP contribution in [0.1, 0.15) is 46.0 Å². The third kappa shape index (κ3) is 2.59. The van der Waals surface area contributed by atoms with Gasteiger partial charge in [-0.25, -0.2) is 0 Å². The van der Waals surface area contributed by atoms with Gasteiger partial charge < -0.3 is 0 Å². The van der Waals surface area contributed by atoms with Gasteiger partial charge in [0.25, 0.3) is 0 Å². The molecule has 1 rings (SSSR count). The minimum absolute atomic E-state index is 0.185. The number of hydrogen-bond donors (Lipinski definition) is 0. The first-order valence-electron chi connectivity index (χ1n) is 5.38. The molecule has 1 heteroatoms. The van der Waals surface area contributed by atoms with Crippen LogP contribution >= 0.6 is 0 Å². The van der Waals surface area contributed by atoms with Crippen molar-refractivity contribution in [1.29, 1.82) is 5.26 Å². The molecule has 0 amide bonds. The van der Waals surface area contributed by atoms with Gasteiger partial charge in [0, 0.05) is 0 Å². The third-order valence-electron chi connectivity index (χ3n) is 3.08. The highest BCUT2D eigenvalue weighted by Gasteiger charge is 2.20. The zero-order chi connectivity index (χ0) is 9.68. The van der Waals surface area contributed by atoms with Crippen LogP contribution in [-0.2, 0) is 0 Å². The normalized spacial score (nSPS) is 21.5. The Kier molecular flexibility index (Phi) is 4.02. The van der Waals surface area contributed by atoms with Crippen molar-refractivity contribution >= 4 is 0 Å². The van der Waals surface area contributed by atoms with Gasteiger partial charge in [0.1, 0.15) is 0 Å². The molecule has 0 fully saturated rings. The van der Waals surface area contributed by atoms with E-state index in [-0.39, 0.29) is 5.92 Å². The van der Waals surface area contributed by atoms with Crippen LogP contribution in [0.25, 0.3) is 0 Å². The molecule has 0 N–H and O–H groups in total. The van der Waals surface area contributed by atoms with Crippen LogP contribution in [-0.4, -0.2) is 0 Å². The Hall–Kier alpha value is -0.770. The molecule has 0 aliphatic heterocycles. The lowest BCUT2D eigenvalue weighted by Gasteiger charge is -2.22. The molecule has 0 heterocycles. The summed E-state index contributed by atoms with van der Waals surface area (Å²) in [4.78, 5) is 0. The van der Waals surface area contributed by atoms with Crippen molar-refractivity contribution in [2.24, 2.45) is 11.8 Å². The molecule has 2 atom stereocenters. The summed E-state index contributed by atoms with van der Waals surface area (Å²) in [6.45, 7) is 4.35. The van der Waals surface area contributed by atoms with Gasteiger partial charge in [-0.05, 0) is 31.6 Å². The van der Waals surface area contributed by atoms with E-state index in [9.17, 15) is 0 Å². The number of allylic oxidation sites excluding steroid dienone is 2. The number of nitrogens with zero attached hydrogens (tertiary/aromatic N) is 1. The van der Waals surface area contributed by atoms with Crippen LogP contribution in [0.2, 0.25) is 0 Å². The van der Waals surface area contributed by atoms with Gasteiger partial charge in [0.15, 0.2) is 0 Å². The average molecular weight is 177 g/mol. The van der Waals surface area contributed by atoms with Gasteiger partial charge in [-0.15, -0.1) is 0 Å². The van der Waals surface area contributed by atoms with Crippen molar-refractivity contribution in [1.82, 2.24) is 0 Å². The zero-order valence-electron chi connectivity index (χ0n) is 8.71. The maximum absolute atomic E-state index is 9.09. The molecule has 1 nitrogen and oxygen atoms in total. The molecule has 2 unspecified atom stereocenters. The zero-order valence-corrected chi connectivity index (χ0v) is 8.71. The van der Waals surface area contributed by atoms with Crippen LogP contribution in [0.4, 0.5) is 0 Å². The van der Waals surface area contributed by atoms with Crippen molar-refractivity contribution < 1.29 is 0 Å². The summed E-state index contributed by atoms with van der Waals surface area (Å²) >= 11 is 0. The molecule has 1 aliphatic carbocycles. The Bertz CT molecular complexity index is 222. The number of hydrogen-bond acceptors (Lipinski definition) is 1. The molecule has 0 aromatic heterocycles. The molecule has 13 heavy (non-hydrogen) atoms. The highest BCUT2D eigenvalue weighted by Crippen LogP contribution is 2.29. The summed E-state index contributed by atoms with van der Waals surface area (Å²) in [6.07, 6.45) is 8.33. The summed E-state index contributed by atoms with van der Waals surface area (Å²) in [5, 5.41) is 9.09. The second-order valence-corrected chi connectivity index (χ2v) is 4.02. The lowest BCUT2D eigenvalue weighted by atomic mass is 9.81. The van der Waals surface area contributed by atoms with Gasteiger partial charge in [0.05, 0.1) is 12.0 Å². The fourth-order valence-corrected chi connectivity index (χ4v) is 1.96. The quantitative estimate of drug-likeness (QED) is 0.603. The first-order chi connectivity index (χ1) is 6.29. The minimum Gasteiger partial charge on any atom is -0.198 e. The molecule has 72 valence electrons. The maximum atomic E-state index is 9.09. The van der Waals surface area contributed by atoms with Crippen LogP contribution in [0.15, 0.2) is 11.6 Å². The van der Waals surface area contributed by atoms with E-state index in [1.165, 1.54) is 24.8 Å². The SMILES string of the molecule is CCC(C)C(C#N)C1=CCCCC1. The van der Waals surface area contributed by atoms with E-state index >= 15 is 0 Å². The highest BCUT2D eigenvalue weighted by molar-refractivity contribution is 5.17. The Labute approximate surface area is 81.5 Å². The predicted octanol–water partition coefficient (Wildman–Crippen LogP) is 3.67. The van der Waals surface area contributed by atoms with Gasteiger partial charge in [0.2, 0.25) is 0 Å². The Morgan fingerprint density at radius 1 is 1.54 bits per heavy atom. The van der Waals surface area contributed by atoms with Crippen molar-refractivity contribution in [2.45, 2.75) is 46.0 Å². The molecule has 0 saturated carbocycles. The van der Waals surface area contributed by atoms with E-state index in [2.05, 4.69) is 26.0 Å². The molecule has 0 saturated heterocycles. The summed E-state index contributed by atoms with van der Waals surface area (Å²) in [5.41, 5.74) is 1.41. The Balaban J connectivity index is 2.66. The van der Waals surface area contributed by atoms with Crippen molar-refractivity contribution in [3.8, 4) is 6.07 Å². The third-order valence-corrected chi connectivity index (χ3v) is 3.08. The summed E-state index contributed by atoms with van der Waals surface area (Å²) < 4.78 is 0. The fraction of sp³-hybridized carbons (Fsp3) is 0.750. The lowest BCUT2D eigenvalue weighted by molar-refractivity contribution is 0.451. The second kappa shape index (κ2) is 5.07. The van der Waals surface area contributed by atoms with E-state index in [1.807, 2.05) is 0 Å². The monoisotopic (exact) mass is 177 g/mol. The van der Waals surface area contributed by atoms with Crippen LogP contribution in [0, 0.1) is 23.2 Å². The average Bonchev–Trinajstić information content (AvgIpc) is 2.20. The van der Waals surface area contributed by atoms with Gasteiger partial charge in [-0.3, -0.25) is 0 Å². The first kappa shape index (κ1) is 10.3. The van der Waals surface area contributed by atoms with Crippen LogP contribution < -0.4 is 0 Å². The smallest absolute Gasteiger partial charge is 0.0703 e. The van der Waals surface area contributed by atoms with E-state index < -0.39 is 0 Å². The molecule has 0 bridgehead atoms. The maximum Gasteiger partial charge on any atom is 0.0703 e. The molecular weight excluding hydrogens is 158 g/mol. The molecule has 0 aromatic rings. The first-order valence-corrected chi connectivity index (χ1v) is 5.38. The fourth-order valence-electron chi connectivity index (χ4n) is 1.96. The summed E-state index contributed by atoms with van der Waals surface area (Å²) in [7, 11) is 0. The molecule has 0 radical (unpaired) electrons.